The Morgan fingerprint density at radius 1 is 1.38 bits per heavy atom. The third kappa shape index (κ3) is 3.60. The third-order valence-corrected chi connectivity index (χ3v) is 3.03. The molecule has 0 radical (unpaired) electrons. The van der Waals surface area contributed by atoms with E-state index in [2.05, 4.69) is 51.0 Å². The van der Waals surface area contributed by atoms with E-state index in [0.717, 1.165) is 13.0 Å². The van der Waals surface area contributed by atoms with Crippen molar-refractivity contribution in [3.63, 3.8) is 0 Å². The zero-order valence-electron chi connectivity index (χ0n) is 11.2. The van der Waals surface area contributed by atoms with Gasteiger partial charge in [-0.25, -0.2) is 0 Å². The molecule has 0 saturated carbocycles. The molecule has 16 heavy (non-hydrogen) atoms. The summed E-state index contributed by atoms with van der Waals surface area (Å²) in [6.07, 6.45) is 5.03. The smallest absolute Gasteiger partial charge is 0.0305 e. The Kier molecular flexibility index (Phi) is 4.48. The molecule has 0 bridgehead atoms. The molecule has 90 valence electrons. The number of nitrogens with one attached hydrogen (secondary N) is 1. The van der Waals surface area contributed by atoms with Gasteiger partial charge in [0.15, 0.2) is 0 Å². The minimum Gasteiger partial charge on any atom is -0.315 e. The summed E-state index contributed by atoms with van der Waals surface area (Å²) in [5.74, 6) is 0. The lowest BCUT2D eigenvalue weighted by atomic mass is 9.80. The molecule has 0 saturated heterocycles. The largest absolute Gasteiger partial charge is 0.315 e. The molecule has 0 spiro atoms. The monoisotopic (exact) mass is 220 g/mol. The molecular weight excluding hydrogens is 196 g/mol. The first-order chi connectivity index (χ1) is 7.45. The Bertz CT molecular complexity index is 331. The van der Waals surface area contributed by atoms with Crippen molar-refractivity contribution in [2.75, 3.05) is 6.54 Å². The van der Waals surface area contributed by atoms with Crippen molar-refractivity contribution in [1.82, 2.24) is 10.3 Å². The van der Waals surface area contributed by atoms with Gasteiger partial charge in [-0.05, 0) is 43.4 Å². The van der Waals surface area contributed by atoms with Crippen molar-refractivity contribution in [3.05, 3.63) is 29.6 Å². The van der Waals surface area contributed by atoms with Crippen molar-refractivity contribution in [2.45, 2.75) is 52.5 Å². The number of pyridine rings is 1. The van der Waals surface area contributed by atoms with Crippen molar-refractivity contribution >= 4 is 0 Å². The zero-order chi connectivity index (χ0) is 12.2. The molecule has 0 aromatic carbocycles. The van der Waals surface area contributed by atoms with Gasteiger partial charge in [-0.15, -0.1) is 0 Å². The molecule has 0 aliphatic heterocycles. The van der Waals surface area contributed by atoms with Crippen LogP contribution in [0.3, 0.4) is 0 Å². The molecule has 1 N–H and O–H groups in total. The highest BCUT2D eigenvalue weighted by Gasteiger charge is 2.23. The summed E-state index contributed by atoms with van der Waals surface area (Å²) in [6, 6.07) is 2.78. The van der Waals surface area contributed by atoms with Gasteiger partial charge in [-0.1, -0.05) is 26.8 Å². The average molecular weight is 220 g/mol. The van der Waals surface area contributed by atoms with E-state index < -0.39 is 0 Å². The molecule has 1 unspecified atom stereocenters. The highest BCUT2D eigenvalue weighted by Crippen LogP contribution is 2.28. The maximum atomic E-state index is 4.28. The summed E-state index contributed by atoms with van der Waals surface area (Å²) in [5, 5.41) is 3.47. The van der Waals surface area contributed by atoms with Crippen molar-refractivity contribution in [1.29, 1.82) is 0 Å². The first-order valence-electron chi connectivity index (χ1n) is 6.11. The second-order valence-corrected chi connectivity index (χ2v) is 5.30. The molecule has 2 nitrogen and oxygen atoms in total. The number of aromatic nitrogens is 1. The minimum absolute atomic E-state index is 0.181. The van der Waals surface area contributed by atoms with E-state index in [9.17, 15) is 0 Å². The maximum Gasteiger partial charge on any atom is 0.0305 e. The van der Waals surface area contributed by atoms with Gasteiger partial charge in [-0.3, -0.25) is 4.98 Å². The molecule has 0 fully saturated rings. The van der Waals surface area contributed by atoms with Gasteiger partial charge in [0.05, 0.1) is 0 Å². The van der Waals surface area contributed by atoms with E-state index >= 15 is 0 Å². The molecule has 1 heterocycles. The van der Waals surface area contributed by atoms with Crippen LogP contribution < -0.4 is 5.32 Å². The van der Waals surface area contributed by atoms with Gasteiger partial charge < -0.3 is 5.32 Å². The molecule has 1 aromatic heterocycles. The van der Waals surface area contributed by atoms with Crippen LogP contribution in [-0.4, -0.2) is 17.6 Å². The molecule has 1 atom stereocenters. The lowest BCUT2D eigenvalue weighted by Gasteiger charge is -2.29. The van der Waals surface area contributed by atoms with Crippen LogP contribution in [-0.2, 0) is 5.41 Å². The Hall–Kier alpha value is -0.890. The zero-order valence-corrected chi connectivity index (χ0v) is 11.2. The second kappa shape index (κ2) is 5.44. The van der Waals surface area contributed by atoms with Gasteiger partial charge in [0, 0.05) is 18.4 Å². The summed E-state index contributed by atoms with van der Waals surface area (Å²) in [4.78, 5) is 4.28. The SMILES string of the molecule is CCNC(C)CC(C)(C)c1cncc(C)c1. The summed E-state index contributed by atoms with van der Waals surface area (Å²) < 4.78 is 0. The Labute approximate surface area is 99.5 Å². The van der Waals surface area contributed by atoms with Gasteiger partial charge in [-0.2, -0.15) is 0 Å². The van der Waals surface area contributed by atoms with E-state index in [1.54, 1.807) is 0 Å². The van der Waals surface area contributed by atoms with Crippen molar-refractivity contribution in [2.24, 2.45) is 0 Å². The standard InChI is InChI=1S/C14H24N2/c1-6-16-12(3)8-14(4,5)13-7-11(2)9-15-10-13/h7,9-10,12,16H,6,8H2,1-5H3. The lowest BCUT2D eigenvalue weighted by molar-refractivity contribution is 0.393. The number of aryl methyl sites for hydroxylation is 1. The first kappa shape index (κ1) is 13.2. The summed E-state index contributed by atoms with van der Waals surface area (Å²) in [5.41, 5.74) is 2.75. The van der Waals surface area contributed by atoms with E-state index in [4.69, 9.17) is 0 Å². The highest BCUT2D eigenvalue weighted by molar-refractivity contribution is 5.24. The second-order valence-electron chi connectivity index (χ2n) is 5.30. The van der Waals surface area contributed by atoms with Crippen LogP contribution in [0.2, 0.25) is 0 Å². The molecular formula is C14H24N2. The lowest BCUT2D eigenvalue weighted by Crippen LogP contribution is -2.33. The summed E-state index contributed by atoms with van der Waals surface area (Å²) in [7, 11) is 0. The fraction of sp³-hybridized carbons (Fsp3) is 0.643. The van der Waals surface area contributed by atoms with E-state index in [1.165, 1.54) is 11.1 Å². The number of nitrogens with zero attached hydrogens (tertiary/aromatic N) is 1. The molecule has 0 aliphatic carbocycles. The van der Waals surface area contributed by atoms with Gasteiger partial charge >= 0.3 is 0 Å². The van der Waals surface area contributed by atoms with Crippen LogP contribution in [0.5, 0.6) is 0 Å². The van der Waals surface area contributed by atoms with Crippen LogP contribution in [0, 0.1) is 6.92 Å². The van der Waals surface area contributed by atoms with Crippen LogP contribution in [0.1, 0.15) is 45.2 Å². The number of hydrogen-bond acceptors (Lipinski definition) is 2. The van der Waals surface area contributed by atoms with Crippen LogP contribution >= 0.6 is 0 Å². The first-order valence-corrected chi connectivity index (χ1v) is 6.11. The van der Waals surface area contributed by atoms with Crippen LogP contribution in [0.4, 0.5) is 0 Å². The van der Waals surface area contributed by atoms with Crippen molar-refractivity contribution < 1.29 is 0 Å². The maximum absolute atomic E-state index is 4.28. The van der Waals surface area contributed by atoms with Gasteiger partial charge in [0.2, 0.25) is 0 Å². The quantitative estimate of drug-likeness (QED) is 0.825. The third-order valence-electron chi connectivity index (χ3n) is 3.03. The Balaban J connectivity index is 2.76. The predicted molar refractivity (Wildman–Crippen MR) is 69.8 cm³/mol. The highest BCUT2D eigenvalue weighted by atomic mass is 14.9. The Morgan fingerprint density at radius 2 is 2.06 bits per heavy atom. The number of hydrogen-bond donors (Lipinski definition) is 1. The Morgan fingerprint density at radius 3 is 2.62 bits per heavy atom. The summed E-state index contributed by atoms with van der Waals surface area (Å²) in [6.45, 7) is 12.1. The molecule has 0 aliphatic rings. The molecule has 1 rings (SSSR count). The van der Waals surface area contributed by atoms with Gasteiger partial charge in [0.25, 0.3) is 0 Å². The fourth-order valence-corrected chi connectivity index (χ4v) is 2.23. The van der Waals surface area contributed by atoms with Crippen LogP contribution in [0.15, 0.2) is 18.5 Å². The minimum atomic E-state index is 0.181. The van der Waals surface area contributed by atoms with Gasteiger partial charge in [0.1, 0.15) is 0 Å². The summed E-state index contributed by atoms with van der Waals surface area (Å²) >= 11 is 0. The molecule has 2 heteroatoms. The molecule has 1 aromatic rings. The normalized spacial score (nSPS) is 13.8. The average Bonchev–Trinajstić information content (AvgIpc) is 2.17. The van der Waals surface area contributed by atoms with E-state index in [0.29, 0.717) is 6.04 Å². The van der Waals surface area contributed by atoms with E-state index in [1.807, 2.05) is 12.4 Å². The van der Waals surface area contributed by atoms with Crippen molar-refractivity contribution in [3.8, 4) is 0 Å². The van der Waals surface area contributed by atoms with E-state index in [-0.39, 0.29) is 5.41 Å². The number of rotatable bonds is 5. The van der Waals surface area contributed by atoms with Crippen LogP contribution in [0.25, 0.3) is 0 Å². The predicted octanol–water partition coefficient (Wildman–Crippen LogP) is 3.06. The fourth-order valence-electron chi connectivity index (χ4n) is 2.23. The topological polar surface area (TPSA) is 24.9 Å². The molecule has 0 amide bonds.